The molecule has 23 heavy (non-hydrogen) atoms. The van der Waals surface area contributed by atoms with Crippen LogP contribution < -0.4 is 0 Å². The maximum Gasteiger partial charge on any atom is 0.303 e. The summed E-state index contributed by atoms with van der Waals surface area (Å²) in [6.45, 7) is 0. The van der Waals surface area contributed by atoms with Crippen molar-refractivity contribution >= 4 is 38.3 Å². The SMILES string of the molecule is O=C(O)CCCc1c(O)cc2ccc3cccc4ccc1c2c34. The van der Waals surface area contributed by atoms with Crippen molar-refractivity contribution in [3.63, 3.8) is 0 Å². The van der Waals surface area contributed by atoms with Crippen LogP contribution in [0.5, 0.6) is 5.75 Å². The molecule has 2 N–H and O–H groups in total. The largest absolute Gasteiger partial charge is 0.508 e. The first-order valence-corrected chi connectivity index (χ1v) is 7.75. The summed E-state index contributed by atoms with van der Waals surface area (Å²) in [6.07, 6.45) is 1.20. The number of rotatable bonds is 4. The van der Waals surface area contributed by atoms with E-state index in [0.717, 1.165) is 21.7 Å². The van der Waals surface area contributed by atoms with E-state index in [4.69, 9.17) is 5.11 Å². The summed E-state index contributed by atoms with van der Waals surface area (Å²) in [7, 11) is 0. The van der Waals surface area contributed by atoms with Crippen molar-refractivity contribution in [2.45, 2.75) is 19.3 Å². The summed E-state index contributed by atoms with van der Waals surface area (Å²) in [5.41, 5.74) is 0.844. The Hall–Kier alpha value is -2.81. The zero-order valence-corrected chi connectivity index (χ0v) is 12.5. The van der Waals surface area contributed by atoms with E-state index >= 15 is 0 Å². The van der Waals surface area contributed by atoms with Crippen molar-refractivity contribution in [1.29, 1.82) is 0 Å². The molecular weight excluding hydrogens is 288 g/mol. The third kappa shape index (κ3) is 2.16. The second-order valence-corrected chi connectivity index (χ2v) is 5.98. The number of carbonyl (C=O) groups is 1. The van der Waals surface area contributed by atoms with Gasteiger partial charge in [-0.25, -0.2) is 0 Å². The van der Waals surface area contributed by atoms with Crippen LogP contribution in [0, 0.1) is 0 Å². The maximum absolute atomic E-state index is 10.7. The van der Waals surface area contributed by atoms with E-state index in [-0.39, 0.29) is 12.2 Å². The molecule has 4 rings (SSSR count). The van der Waals surface area contributed by atoms with E-state index in [0.29, 0.717) is 12.8 Å². The molecule has 0 fully saturated rings. The molecule has 0 bridgehead atoms. The monoisotopic (exact) mass is 304 g/mol. The molecule has 0 aromatic heterocycles. The third-order valence-corrected chi connectivity index (χ3v) is 4.55. The molecule has 0 heterocycles. The molecule has 0 saturated carbocycles. The summed E-state index contributed by atoms with van der Waals surface area (Å²) in [5.74, 6) is -0.552. The fourth-order valence-corrected chi connectivity index (χ4v) is 3.53. The molecule has 0 aliphatic rings. The molecule has 0 amide bonds. The number of phenols is 1. The third-order valence-electron chi connectivity index (χ3n) is 4.55. The number of aliphatic carboxylic acids is 1. The summed E-state index contributed by atoms with van der Waals surface area (Å²) >= 11 is 0. The summed E-state index contributed by atoms with van der Waals surface area (Å²) < 4.78 is 0. The number of carboxylic acids is 1. The Kier molecular flexibility index (Phi) is 3.08. The standard InChI is InChI=1S/C20H16O3/c21-17-11-14-8-7-12-3-1-4-13-9-10-16(20(14)19(12)13)15(17)5-2-6-18(22)23/h1,3-4,7-11,21H,2,5-6H2,(H,22,23). The average molecular weight is 304 g/mol. The number of phenolic OH excluding ortho intramolecular Hbond substituents is 1. The van der Waals surface area contributed by atoms with Crippen molar-refractivity contribution in [3.05, 3.63) is 54.1 Å². The van der Waals surface area contributed by atoms with Gasteiger partial charge in [-0.05, 0) is 51.2 Å². The van der Waals surface area contributed by atoms with E-state index in [1.54, 1.807) is 6.07 Å². The van der Waals surface area contributed by atoms with Crippen molar-refractivity contribution < 1.29 is 15.0 Å². The molecule has 0 aliphatic heterocycles. The lowest BCUT2D eigenvalue weighted by atomic mass is 9.90. The van der Waals surface area contributed by atoms with E-state index < -0.39 is 5.97 Å². The van der Waals surface area contributed by atoms with Gasteiger partial charge in [0.2, 0.25) is 0 Å². The zero-order chi connectivity index (χ0) is 16.0. The van der Waals surface area contributed by atoms with Crippen LogP contribution in [0.25, 0.3) is 32.3 Å². The number of benzene rings is 4. The molecule has 3 nitrogen and oxygen atoms in total. The van der Waals surface area contributed by atoms with Crippen LogP contribution in [-0.2, 0) is 11.2 Å². The highest BCUT2D eigenvalue weighted by Crippen LogP contribution is 2.39. The molecule has 4 aromatic carbocycles. The molecule has 4 aromatic rings. The number of aromatic hydroxyl groups is 1. The number of hydrogen-bond donors (Lipinski definition) is 2. The fourth-order valence-electron chi connectivity index (χ4n) is 3.53. The van der Waals surface area contributed by atoms with Gasteiger partial charge in [-0.2, -0.15) is 0 Å². The Bertz CT molecular complexity index is 1020. The Balaban J connectivity index is 1.99. The van der Waals surface area contributed by atoms with Crippen molar-refractivity contribution in [3.8, 4) is 5.75 Å². The second kappa shape index (κ2) is 5.13. The molecule has 114 valence electrons. The molecule has 0 radical (unpaired) electrons. The smallest absolute Gasteiger partial charge is 0.303 e. The Labute approximate surface area is 133 Å². The van der Waals surface area contributed by atoms with E-state index in [2.05, 4.69) is 24.3 Å². The van der Waals surface area contributed by atoms with Crippen LogP contribution in [0.3, 0.4) is 0 Å². The van der Waals surface area contributed by atoms with Crippen LogP contribution in [0.2, 0.25) is 0 Å². The van der Waals surface area contributed by atoms with Crippen LogP contribution in [0.1, 0.15) is 18.4 Å². The molecule has 0 spiro atoms. The predicted molar refractivity (Wildman–Crippen MR) is 92.4 cm³/mol. The number of carboxylic acid groups (broad SMARTS) is 1. The van der Waals surface area contributed by atoms with E-state index in [1.807, 2.05) is 18.2 Å². The van der Waals surface area contributed by atoms with Crippen molar-refractivity contribution in [2.75, 3.05) is 0 Å². The van der Waals surface area contributed by atoms with E-state index in [1.165, 1.54) is 16.2 Å². The first kappa shape index (κ1) is 13.8. The number of hydrogen-bond acceptors (Lipinski definition) is 2. The van der Waals surface area contributed by atoms with Crippen molar-refractivity contribution in [2.24, 2.45) is 0 Å². The minimum atomic E-state index is -0.804. The van der Waals surface area contributed by atoms with Gasteiger partial charge in [0, 0.05) is 12.0 Å². The lowest BCUT2D eigenvalue weighted by Gasteiger charge is -2.15. The van der Waals surface area contributed by atoms with Gasteiger partial charge in [0.25, 0.3) is 0 Å². The molecule has 0 atom stereocenters. The minimum absolute atomic E-state index is 0.113. The van der Waals surface area contributed by atoms with Crippen LogP contribution in [0.15, 0.2) is 48.5 Å². The molecule has 0 saturated heterocycles. The Morgan fingerprint density at radius 3 is 2.35 bits per heavy atom. The zero-order valence-electron chi connectivity index (χ0n) is 12.5. The maximum atomic E-state index is 10.7. The van der Waals surface area contributed by atoms with Crippen LogP contribution >= 0.6 is 0 Å². The Morgan fingerprint density at radius 2 is 1.61 bits per heavy atom. The lowest BCUT2D eigenvalue weighted by molar-refractivity contribution is -0.137. The van der Waals surface area contributed by atoms with Crippen LogP contribution in [0.4, 0.5) is 0 Å². The molecular formula is C20H16O3. The highest BCUT2D eigenvalue weighted by Gasteiger charge is 2.14. The molecule has 0 aliphatic carbocycles. The second-order valence-electron chi connectivity index (χ2n) is 5.98. The van der Waals surface area contributed by atoms with Gasteiger partial charge >= 0.3 is 5.97 Å². The average Bonchev–Trinajstić information content (AvgIpc) is 2.54. The van der Waals surface area contributed by atoms with Gasteiger partial charge in [-0.1, -0.05) is 42.5 Å². The Morgan fingerprint density at radius 1 is 0.913 bits per heavy atom. The van der Waals surface area contributed by atoms with Crippen LogP contribution in [-0.4, -0.2) is 16.2 Å². The van der Waals surface area contributed by atoms with Gasteiger partial charge in [0.15, 0.2) is 0 Å². The quantitative estimate of drug-likeness (QED) is 0.537. The first-order valence-electron chi connectivity index (χ1n) is 7.75. The highest BCUT2D eigenvalue weighted by atomic mass is 16.4. The van der Waals surface area contributed by atoms with E-state index in [9.17, 15) is 9.90 Å². The molecule has 0 unspecified atom stereocenters. The van der Waals surface area contributed by atoms with Gasteiger partial charge in [-0.3, -0.25) is 4.79 Å². The number of aryl methyl sites for hydroxylation is 1. The highest BCUT2D eigenvalue weighted by molar-refractivity contribution is 6.24. The van der Waals surface area contributed by atoms with Gasteiger partial charge in [0.1, 0.15) is 5.75 Å². The summed E-state index contributed by atoms with van der Waals surface area (Å²) in [5, 5.41) is 26.0. The summed E-state index contributed by atoms with van der Waals surface area (Å²) in [6, 6.07) is 16.3. The molecule has 3 heteroatoms. The van der Waals surface area contributed by atoms with Crippen molar-refractivity contribution in [1.82, 2.24) is 0 Å². The lowest BCUT2D eigenvalue weighted by Crippen LogP contribution is -1.97. The normalized spacial score (nSPS) is 11.7. The van der Waals surface area contributed by atoms with Gasteiger partial charge in [0.05, 0.1) is 0 Å². The summed E-state index contributed by atoms with van der Waals surface area (Å²) in [4.78, 5) is 10.7. The minimum Gasteiger partial charge on any atom is -0.508 e. The topological polar surface area (TPSA) is 57.5 Å². The fraction of sp³-hybridized carbons (Fsp3) is 0.150. The first-order chi connectivity index (χ1) is 11.1. The van der Waals surface area contributed by atoms with Gasteiger partial charge in [-0.15, -0.1) is 0 Å². The predicted octanol–water partition coefficient (Wildman–Crippen LogP) is 4.70. The van der Waals surface area contributed by atoms with Gasteiger partial charge < -0.3 is 10.2 Å².